The second-order valence-corrected chi connectivity index (χ2v) is 7.09. The van der Waals surface area contributed by atoms with Crippen molar-refractivity contribution in [2.24, 2.45) is 5.92 Å². The lowest BCUT2D eigenvalue weighted by Gasteiger charge is -2.21. The van der Waals surface area contributed by atoms with E-state index in [1.54, 1.807) is 50.2 Å². The van der Waals surface area contributed by atoms with Crippen LogP contribution >= 0.6 is 11.6 Å². The van der Waals surface area contributed by atoms with E-state index in [-0.39, 0.29) is 28.9 Å². The lowest BCUT2D eigenvalue weighted by molar-refractivity contribution is -0.151. The van der Waals surface area contributed by atoms with Gasteiger partial charge in [0, 0.05) is 6.54 Å². The van der Waals surface area contributed by atoms with Crippen LogP contribution in [0.3, 0.4) is 0 Å². The summed E-state index contributed by atoms with van der Waals surface area (Å²) in [5.41, 5.74) is 0.947. The van der Waals surface area contributed by atoms with Crippen molar-refractivity contribution < 1.29 is 23.5 Å². The van der Waals surface area contributed by atoms with Gasteiger partial charge >= 0.3 is 5.97 Å². The molecule has 0 saturated carbocycles. The highest BCUT2D eigenvalue weighted by atomic mass is 35.5. The molecule has 2 rings (SSSR count). The van der Waals surface area contributed by atoms with Crippen LogP contribution in [0.1, 0.15) is 29.8 Å². The first-order chi connectivity index (χ1) is 13.8. The Morgan fingerprint density at radius 1 is 1.07 bits per heavy atom. The Kier molecular flexibility index (Phi) is 8.15. The monoisotopic (exact) mass is 420 g/mol. The number of amides is 2. The molecule has 0 aromatic heterocycles. The number of carbonyl (C=O) groups excluding carboxylic acids is 3. The molecule has 0 radical (unpaired) electrons. The molecule has 0 unspecified atom stereocenters. The summed E-state index contributed by atoms with van der Waals surface area (Å²) in [4.78, 5) is 36.7. The third-order valence-corrected chi connectivity index (χ3v) is 4.40. The normalized spacial score (nSPS) is 11.6. The highest BCUT2D eigenvalue weighted by molar-refractivity contribution is 6.33. The minimum absolute atomic E-state index is 0.174. The van der Waals surface area contributed by atoms with Crippen LogP contribution in [-0.2, 0) is 20.9 Å². The number of hydrogen-bond donors (Lipinski definition) is 2. The summed E-state index contributed by atoms with van der Waals surface area (Å²) in [6.45, 7) is 3.17. The SMILES string of the molecule is CC(C)[C@@H](NC(=O)c1ccccc1Cl)C(=O)OCC(=O)NCc1ccc(F)cc1. The molecule has 29 heavy (non-hydrogen) atoms. The Morgan fingerprint density at radius 3 is 2.34 bits per heavy atom. The van der Waals surface area contributed by atoms with Crippen molar-refractivity contribution in [3.05, 3.63) is 70.5 Å². The van der Waals surface area contributed by atoms with E-state index in [9.17, 15) is 18.8 Å². The van der Waals surface area contributed by atoms with E-state index >= 15 is 0 Å². The fourth-order valence-electron chi connectivity index (χ4n) is 2.44. The molecule has 0 aliphatic heterocycles. The van der Waals surface area contributed by atoms with Crippen molar-refractivity contribution >= 4 is 29.4 Å². The molecule has 1 atom stereocenters. The molecule has 154 valence electrons. The molecule has 2 aromatic rings. The average molecular weight is 421 g/mol. The minimum Gasteiger partial charge on any atom is -0.454 e. The van der Waals surface area contributed by atoms with E-state index in [0.29, 0.717) is 5.56 Å². The van der Waals surface area contributed by atoms with E-state index < -0.39 is 30.4 Å². The van der Waals surface area contributed by atoms with Gasteiger partial charge in [-0.25, -0.2) is 9.18 Å². The third-order valence-electron chi connectivity index (χ3n) is 4.07. The average Bonchev–Trinajstić information content (AvgIpc) is 2.69. The maximum absolute atomic E-state index is 12.9. The molecule has 0 aliphatic rings. The van der Waals surface area contributed by atoms with E-state index in [1.165, 1.54) is 12.1 Å². The highest BCUT2D eigenvalue weighted by Gasteiger charge is 2.27. The Morgan fingerprint density at radius 2 is 1.72 bits per heavy atom. The van der Waals surface area contributed by atoms with Crippen LogP contribution in [0.5, 0.6) is 0 Å². The lowest BCUT2D eigenvalue weighted by Crippen LogP contribution is -2.46. The molecule has 6 nitrogen and oxygen atoms in total. The Bertz CT molecular complexity index is 871. The maximum atomic E-state index is 12.9. The van der Waals surface area contributed by atoms with Gasteiger partial charge in [-0.2, -0.15) is 0 Å². The number of carbonyl (C=O) groups is 3. The van der Waals surface area contributed by atoms with Crippen LogP contribution < -0.4 is 10.6 Å². The van der Waals surface area contributed by atoms with Gasteiger partial charge in [-0.05, 0) is 35.7 Å². The van der Waals surface area contributed by atoms with Crippen LogP contribution in [0.4, 0.5) is 4.39 Å². The molecule has 0 heterocycles. The van der Waals surface area contributed by atoms with Crippen molar-refractivity contribution in [1.29, 1.82) is 0 Å². The first kappa shape index (κ1) is 22.4. The van der Waals surface area contributed by atoms with Crippen LogP contribution in [0.15, 0.2) is 48.5 Å². The van der Waals surface area contributed by atoms with E-state index in [2.05, 4.69) is 10.6 Å². The predicted molar refractivity (Wildman–Crippen MR) is 107 cm³/mol. The zero-order chi connectivity index (χ0) is 21.4. The van der Waals surface area contributed by atoms with Crippen LogP contribution in [-0.4, -0.2) is 30.4 Å². The molecule has 0 aliphatic carbocycles. The van der Waals surface area contributed by atoms with Crippen LogP contribution in [0.2, 0.25) is 5.02 Å². The van der Waals surface area contributed by atoms with Gasteiger partial charge in [-0.1, -0.05) is 49.7 Å². The fraction of sp³-hybridized carbons (Fsp3) is 0.286. The first-order valence-electron chi connectivity index (χ1n) is 9.01. The number of hydrogen-bond acceptors (Lipinski definition) is 4. The summed E-state index contributed by atoms with van der Waals surface area (Å²) in [5, 5.41) is 5.43. The number of halogens is 2. The lowest BCUT2D eigenvalue weighted by atomic mass is 10.0. The third kappa shape index (κ3) is 6.87. The smallest absolute Gasteiger partial charge is 0.329 e. The highest BCUT2D eigenvalue weighted by Crippen LogP contribution is 2.15. The summed E-state index contributed by atoms with van der Waals surface area (Å²) in [5.74, 6) is -2.38. The number of ether oxygens (including phenoxy) is 1. The molecular formula is C21H22ClFN2O4. The quantitative estimate of drug-likeness (QED) is 0.643. The summed E-state index contributed by atoms with van der Waals surface area (Å²) < 4.78 is 17.9. The summed E-state index contributed by atoms with van der Waals surface area (Å²) in [7, 11) is 0. The fourth-order valence-corrected chi connectivity index (χ4v) is 2.66. The van der Waals surface area contributed by atoms with Gasteiger partial charge in [0.1, 0.15) is 11.9 Å². The molecule has 2 amide bonds. The van der Waals surface area contributed by atoms with Gasteiger partial charge in [-0.3, -0.25) is 9.59 Å². The predicted octanol–water partition coefficient (Wildman–Crippen LogP) is 3.09. The van der Waals surface area contributed by atoms with Gasteiger partial charge in [0.15, 0.2) is 6.61 Å². The maximum Gasteiger partial charge on any atom is 0.329 e. The van der Waals surface area contributed by atoms with Crippen molar-refractivity contribution in [1.82, 2.24) is 10.6 Å². The summed E-state index contributed by atoms with van der Waals surface area (Å²) in [6, 6.07) is 11.2. The van der Waals surface area contributed by atoms with Gasteiger partial charge in [0.2, 0.25) is 0 Å². The molecule has 0 saturated heterocycles. The van der Waals surface area contributed by atoms with Gasteiger partial charge < -0.3 is 15.4 Å². The van der Waals surface area contributed by atoms with E-state index in [4.69, 9.17) is 16.3 Å². The molecule has 2 N–H and O–H groups in total. The van der Waals surface area contributed by atoms with Crippen LogP contribution in [0, 0.1) is 11.7 Å². The van der Waals surface area contributed by atoms with Crippen molar-refractivity contribution in [3.63, 3.8) is 0 Å². The van der Waals surface area contributed by atoms with Crippen LogP contribution in [0.25, 0.3) is 0 Å². The topological polar surface area (TPSA) is 84.5 Å². The second kappa shape index (κ2) is 10.6. The molecule has 0 fully saturated rings. The summed E-state index contributed by atoms with van der Waals surface area (Å²) >= 11 is 6.01. The number of esters is 1. The Balaban J connectivity index is 1.87. The molecule has 2 aromatic carbocycles. The molecule has 8 heteroatoms. The van der Waals surface area contributed by atoms with E-state index in [0.717, 1.165) is 0 Å². The van der Waals surface area contributed by atoms with Crippen molar-refractivity contribution in [3.8, 4) is 0 Å². The van der Waals surface area contributed by atoms with Gasteiger partial charge in [0.05, 0.1) is 10.6 Å². The number of rotatable bonds is 8. The standard InChI is InChI=1S/C21H22ClFN2O4/c1-13(2)19(25-20(27)16-5-3-4-6-17(16)22)21(28)29-12-18(26)24-11-14-7-9-15(23)10-8-14/h3-10,13,19H,11-12H2,1-2H3,(H,24,26)(H,25,27)/t19-/m1/s1. The van der Waals surface area contributed by atoms with Gasteiger partial charge in [-0.15, -0.1) is 0 Å². The molecule has 0 spiro atoms. The zero-order valence-electron chi connectivity index (χ0n) is 16.1. The van der Waals surface area contributed by atoms with Crippen molar-refractivity contribution in [2.75, 3.05) is 6.61 Å². The molecule has 0 bridgehead atoms. The second-order valence-electron chi connectivity index (χ2n) is 6.69. The number of benzene rings is 2. The zero-order valence-corrected chi connectivity index (χ0v) is 16.8. The van der Waals surface area contributed by atoms with Gasteiger partial charge in [0.25, 0.3) is 11.8 Å². The van der Waals surface area contributed by atoms with E-state index in [1.807, 2.05) is 0 Å². The Hall–Kier alpha value is -2.93. The number of nitrogens with one attached hydrogen (secondary N) is 2. The first-order valence-corrected chi connectivity index (χ1v) is 9.39. The largest absolute Gasteiger partial charge is 0.454 e. The Labute approximate surface area is 173 Å². The molecular weight excluding hydrogens is 399 g/mol. The minimum atomic E-state index is -0.941. The summed E-state index contributed by atoms with van der Waals surface area (Å²) in [6.07, 6.45) is 0. The van der Waals surface area contributed by atoms with Crippen molar-refractivity contribution in [2.45, 2.75) is 26.4 Å².